The van der Waals surface area contributed by atoms with Crippen molar-refractivity contribution in [2.75, 3.05) is 46.9 Å². The Labute approximate surface area is 143 Å². The van der Waals surface area contributed by atoms with Crippen molar-refractivity contribution in [3.05, 3.63) is 29.5 Å². The normalized spacial score (nSPS) is 28.4. The van der Waals surface area contributed by atoms with Crippen LogP contribution in [0.4, 0.5) is 0 Å². The van der Waals surface area contributed by atoms with Gasteiger partial charge in [-0.25, -0.2) is 0 Å². The van der Waals surface area contributed by atoms with Crippen molar-refractivity contribution in [1.82, 2.24) is 19.7 Å². The number of benzene rings is 1. The number of ether oxygens (including phenoxy) is 1. The fraction of sp³-hybridized carbons (Fsp3) is 0.579. The first-order valence-electron chi connectivity index (χ1n) is 9.11. The number of aromatic amines is 1. The summed E-state index contributed by atoms with van der Waals surface area (Å²) < 4.78 is 5.44. The van der Waals surface area contributed by atoms with Crippen molar-refractivity contribution in [1.29, 1.82) is 0 Å². The molecule has 5 heteroatoms. The van der Waals surface area contributed by atoms with E-state index in [-0.39, 0.29) is 0 Å². The Hall–Kier alpha value is -1.56. The number of rotatable bonds is 1. The summed E-state index contributed by atoms with van der Waals surface area (Å²) in [5, 5.41) is 1.35. The summed E-state index contributed by atoms with van der Waals surface area (Å²) in [4.78, 5) is 11.7. The number of likely N-dealkylation sites (N-methyl/N-ethyl adjacent to an activating group) is 1. The molecule has 0 unspecified atom stereocenters. The molecule has 1 aromatic carbocycles. The molecule has 0 amide bonds. The largest absolute Gasteiger partial charge is 0.497 e. The third kappa shape index (κ3) is 2.11. The summed E-state index contributed by atoms with van der Waals surface area (Å²) in [6.45, 7) is 5.96. The lowest BCUT2D eigenvalue weighted by atomic mass is 9.92. The van der Waals surface area contributed by atoms with Crippen molar-refractivity contribution < 1.29 is 4.74 Å². The van der Waals surface area contributed by atoms with E-state index in [0.29, 0.717) is 12.2 Å². The average molecular weight is 326 g/mol. The molecule has 5 rings (SSSR count). The number of methoxy groups -OCH3 is 1. The minimum absolute atomic E-state index is 0.542. The van der Waals surface area contributed by atoms with Crippen LogP contribution in [-0.4, -0.2) is 72.7 Å². The van der Waals surface area contributed by atoms with Gasteiger partial charge in [-0.15, -0.1) is 0 Å². The first-order chi connectivity index (χ1) is 11.7. The topological polar surface area (TPSA) is 34.7 Å². The molecule has 0 radical (unpaired) electrons. The molecule has 4 heterocycles. The van der Waals surface area contributed by atoms with E-state index in [1.54, 1.807) is 7.11 Å². The van der Waals surface area contributed by atoms with E-state index >= 15 is 0 Å². The molecular weight excluding hydrogens is 300 g/mol. The van der Waals surface area contributed by atoms with Crippen molar-refractivity contribution >= 4 is 10.9 Å². The number of hydrogen-bond acceptors (Lipinski definition) is 4. The van der Waals surface area contributed by atoms with Crippen molar-refractivity contribution in [3.8, 4) is 5.75 Å². The summed E-state index contributed by atoms with van der Waals surface area (Å²) >= 11 is 0. The maximum absolute atomic E-state index is 5.44. The molecule has 5 nitrogen and oxygen atoms in total. The lowest BCUT2D eigenvalue weighted by Crippen LogP contribution is -2.64. The molecule has 24 heavy (non-hydrogen) atoms. The summed E-state index contributed by atoms with van der Waals surface area (Å²) in [5.74, 6) is 0.954. The van der Waals surface area contributed by atoms with Crippen LogP contribution in [0.15, 0.2) is 18.2 Å². The van der Waals surface area contributed by atoms with Gasteiger partial charge in [0, 0.05) is 49.3 Å². The lowest BCUT2D eigenvalue weighted by Gasteiger charge is -2.53. The van der Waals surface area contributed by atoms with E-state index in [1.807, 2.05) is 0 Å². The van der Waals surface area contributed by atoms with Crippen LogP contribution in [0.5, 0.6) is 5.75 Å². The highest BCUT2D eigenvalue weighted by Gasteiger charge is 2.42. The Kier molecular flexibility index (Phi) is 3.37. The first kappa shape index (κ1) is 14.8. The maximum Gasteiger partial charge on any atom is 0.119 e. The van der Waals surface area contributed by atoms with Crippen molar-refractivity contribution in [3.63, 3.8) is 0 Å². The van der Waals surface area contributed by atoms with Crippen molar-refractivity contribution in [2.45, 2.75) is 25.0 Å². The Balaban J connectivity index is 1.54. The van der Waals surface area contributed by atoms with E-state index in [2.05, 4.69) is 44.9 Å². The van der Waals surface area contributed by atoms with Crippen LogP contribution in [0.3, 0.4) is 0 Å². The molecule has 2 aromatic rings. The number of nitrogens with one attached hydrogen (secondary N) is 1. The first-order valence-corrected chi connectivity index (χ1v) is 9.11. The molecule has 0 saturated carbocycles. The van der Waals surface area contributed by atoms with Gasteiger partial charge in [-0.1, -0.05) is 0 Å². The number of hydrogen-bond donors (Lipinski definition) is 1. The van der Waals surface area contributed by atoms with Crippen LogP contribution in [-0.2, 0) is 6.42 Å². The molecule has 1 aromatic heterocycles. The fourth-order valence-corrected chi connectivity index (χ4v) is 4.96. The summed E-state index contributed by atoms with van der Waals surface area (Å²) in [5.41, 5.74) is 4.23. The molecule has 0 aliphatic carbocycles. The van der Waals surface area contributed by atoms with Gasteiger partial charge >= 0.3 is 0 Å². The summed E-state index contributed by atoms with van der Waals surface area (Å²) in [7, 11) is 4.00. The van der Waals surface area contributed by atoms with Crippen LogP contribution in [0.2, 0.25) is 0 Å². The van der Waals surface area contributed by atoms with Gasteiger partial charge in [0.2, 0.25) is 0 Å². The molecule has 2 fully saturated rings. The predicted octanol–water partition coefficient (Wildman–Crippen LogP) is 2.05. The van der Waals surface area contributed by atoms with Crippen LogP contribution in [0.25, 0.3) is 10.9 Å². The monoisotopic (exact) mass is 326 g/mol. The van der Waals surface area contributed by atoms with Crippen LogP contribution in [0, 0.1) is 0 Å². The molecule has 3 aliphatic rings. The number of nitrogens with zero attached hydrogens (tertiary/aromatic N) is 3. The molecule has 128 valence electrons. The van der Waals surface area contributed by atoms with E-state index in [4.69, 9.17) is 4.74 Å². The van der Waals surface area contributed by atoms with Crippen LogP contribution >= 0.6 is 0 Å². The second-order valence-corrected chi connectivity index (χ2v) is 7.50. The van der Waals surface area contributed by atoms with E-state index in [9.17, 15) is 0 Å². The van der Waals surface area contributed by atoms with Gasteiger partial charge in [-0.3, -0.25) is 9.80 Å². The predicted molar refractivity (Wildman–Crippen MR) is 95.5 cm³/mol. The Morgan fingerprint density at radius 2 is 2.08 bits per heavy atom. The van der Waals surface area contributed by atoms with Gasteiger partial charge in [-0.2, -0.15) is 0 Å². The minimum Gasteiger partial charge on any atom is -0.497 e. The highest BCUT2D eigenvalue weighted by molar-refractivity contribution is 5.86. The maximum atomic E-state index is 5.44. The molecule has 2 atom stereocenters. The standard InChI is InChI=1S/C19H26N4O/c1-21-9-10-22-7-6-17-19-14(5-8-23(17)18(22)12-21)15-11-13(24-2)3-4-16(15)20-19/h3-4,11,17-18,20H,5-10,12H2,1-2H3/t17-,18-/m1/s1. The average Bonchev–Trinajstić information content (AvgIpc) is 2.99. The zero-order chi connectivity index (χ0) is 16.3. The van der Waals surface area contributed by atoms with Gasteiger partial charge in [0.05, 0.1) is 19.3 Å². The van der Waals surface area contributed by atoms with Gasteiger partial charge in [0.25, 0.3) is 0 Å². The van der Waals surface area contributed by atoms with Crippen molar-refractivity contribution in [2.24, 2.45) is 0 Å². The molecule has 0 spiro atoms. The highest BCUT2D eigenvalue weighted by atomic mass is 16.5. The van der Waals surface area contributed by atoms with Gasteiger partial charge in [0.1, 0.15) is 5.75 Å². The van der Waals surface area contributed by atoms with Gasteiger partial charge < -0.3 is 14.6 Å². The fourth-order valence-electron chi connectivity index (χ4n) is 4.96. The molecule has 3 aliphatic heterocycles. The van der Waals surface area contributed by atoms with E-state index in [0.717, 1.165) is 18.7 Å². The minimum atomic E-state index is 0.542. The van der Waals surface area contributed by atoms with E-state index < -0.39 is 0 Å². The Bertz CT molecular complexity index is 770. The highest BCUT2D eigenvalue weighted by Crippen LogP contribution is 2.41. The third-order valence-corrected chi connectivity index (χ3v) is 6.24. The van der Waals surface area contributed by atoms with Crippen LogP contribution in [0.1, 0.15) is 23.7 Å². The Morgan fingerprint density at radius 1 is 1.17 bits per heavy atom. The zero-order valence-corrected chi connectivity index (χ0v) is 14.6. The summed E-state index contributed by atoms with van der Waals surface area (Å²) in [6.07, 6.45) is 2.95. The molecular formula is C19H26N4O. The second kappa shape index (κ2) is 5.48. The van der Waals surface area contributed by atoms with E-state index in [1.165, 1.54) is 54.8 Å². The number of fused-ring (bicyclic) bond motifs is 7. The van der Waals surface area contributed by atoms with Gasteiger partial charge in [0.15, 0.2) is 0 Å². The third-order valence-electron chi connectivity index (χ3n) is 6.24. The van der Waals surface area contributed by atoms with Crippen LogP contribution < -0.4 is 4.74 Å². The zero-order valence-electron chi connectivity index (χ0n) is 14.6. The molecule has 0 bridgehead atoms. The lowest BCUT2D eigenvalue weighted by molar-refractivity contribution is -0.0772. The summed E-state index contributed by atoms with van der Waals surface area (Å²) in [6, 6.07) is 6.96. The quantitative estimate of drug-likeness (QED) is 0.870. The molecule has 2 saturated heterocycles. The Morgan fingerprint density at radius 3 is 2.96 bits per heavy atom. The smallest absolute Gasteiger partial charge is 0.119 e. The number of H-pyrrole nitrogens is 1. The van der Waals surface area contributed by atoms with Gasteiger partial charge in [-0.05, 0) is 43.7 Å². The number of piperazine rings is 1. The second-order valence-electron chi connectivity index (χ2n) is 7.50. The number of aromatic nitrogens is 1. The molecule has 1 N–H and O–H groups in total. The SMILES string of the molecule is COc1ccc2[nH]c3c(c2c1)CCN1[C@@H]3CCN2CCN(C)C[C@H]21.